The van der Waals surface area contributed by atoms with E-state index in [2.05, 4.69) is 5.32 Å². The highest BCUT2D eigenvalue weighted by molar-refractivity contribution is 6.12. The van der Waals surface area contributed by atoms with Gasteiger partial charge in [0.05, 0.1) is 19.3 Å². The van der Waals surface area contributed by atoms with Crippen molar-refractivity contribution in [2.75, 3.05) is 13.7 Å². The summed E-state index contributed by atoms with van der Waals surface area (Å²) in [6.45, 7) is 7.89. The lowest BCUT2D eigenvalue weighted by Crippen LogP contribution is -2.43. The average Bonchev–Trinajstić information content (AvgIpc) is 2.71. The number of hydrogen-bond donors (Lipinski definition) is 1. The monoisotopic (exact) mass is 411 g/mol. The molecule has 0 spiro atoms. The summed E-state index contributed by atoms with van der Waals surface area (Å²) in [4.78, 5) is 39.0. The summed E-state index contributed by atoms with van der Waals surface area (Å²) >= 11 is 0. The quantitative estimate of drug-likeness (QED) is 0.589. The van der Waals surface area contributed by atoms with Crippen molar-refractivity contribution in [1.82, 2.24) is 5.32 Å². The minimum absolute atomic E-state index is 0.199. The summed E-state index contributed by atoms with van der Waals surface area (Å²) in [5, 5.41) is 3.27. The van der Waals surface area contributed by atoms with Gasteiger partial charge in [-0.1, -0.05) is 38.1 Å². The van der Waals surface area contributed by atoms with Crippen molar-refractivity contribution in [2.24, 2.45) is 11.8 Å². The summed E-state index contributed by atoms with van der Waals surface area (Å²) in [5.74, 6) is -2.93. The number of rotatable bonds is 5. The molecular weight excluding hydrogens is 382 g/mol. The lowest BCUT2D eigenvalue weighted by atomic mass is 9.68. The van der Waals surface area contributed by atoms with E-state index in [4.69, 9.17) is 9.47 Å². The van der Waals surface area contributed by atoms with Gasteiger partial charge in [0.25, 0.3) is 0 Å². The summed E-state index contributed by atoms with van der Waals surface area (Å²) in [6, 6.07) is 7.69. The maximum atomic E-state index is 13.6. The molecule has 0 saturated carbocycles. The fraction of sp³-hybridized carbons (Fsp3) is 0.458. The first-order chi connectivity index (χ1) is 14.3. The first kappa shape index (κ1) is 21.8. The minimum atomic E-state index is -0.881. The van der Waals surface area contributed by atoms with Crippen LogP contribution in [0.5, 0.6) is 0 Å². The van der Waals surface area contributed by atoms with Gasteiger partial charge in [-0.3, -0.25) is 9.59 Å². The third kappa shape index (κ3) is 3.78. The first-order valence-electron chi connectivity index (χ1n) is 10.4. The lowest BCUT2D eigenvalue weighted by Gasteiger charge is -2.38. The Labute approximate surface area is 177 Å². The maximum absolute atomic E-state index is 13.6. The smallest absolute Gasteiger partial charge is 0.336 e. The first-order valence-corrected chi connectivity index (χ1v) is 10.4. The maximum Gasteiger partial charge on any atom is 0.336 e. The molecule has 1 N–H and O–H groups in total. The molecule has 2 aliphatic rings. The molecule has 0 fully saturated rings. The van der Waals surface area contributed by atoms with Crippen molar-refractivity contribution in [3.63, 3.8) is 0 Å². The van der Waals surface area contributed by atoms with Crippen LogP contribution in [0.2, 0.25) is 0 Å². The summed E-state index contributed by atoms with van der Waals surface area (Å²) in [6.07, 6.45) is 1.23. The number of methoxy groups -OCH3 is 1. The number of ketones is 1. The number of dihydropyridines is 1. The predicted octanol–water partition coefficient (Wildman–Crippen LogP) is 3.56. The van der Waals surface area contributed by atoms with Crippen LogP contribution in [0, 0.1) is 18.8 Å². The Morgan fingerprint density at radius 3 is 2.53 bits per heavy atom. The van der Waals surface area contributed by atoms with Gasteiger partial charge in [0.15, 0.2) is 5.78 Å². The Bertz CT molecular complexity index is 943. The number of carbonyl (C=O) groups is 3. The van der Waals surface area contributed by atoms with Crippen LogP contribution in [0.3, 0.4) is 0 Å². The molecule has 0 saturated heterocycles. The standard InChI is InChI=1S/C24H29NO5/c1-6-11-30-24(28)19-15(4)25-17-12-14(3)18(23(27)29-5)22(26)21(17)20(19)16-10-8-7-9-13(16)2/h7-10,14,18,20,25H,6,11-12H2,1-5H3/t14-,18-,20-/m1/s1. The van der Waals surface area contributed by atoms with Crippen LogP contribution in [-0.4, -0.2) is 31.4 Å². The second-order valence-corrected chi connectivity index (χ2v) is 8.03. The molecule has 1 aliphatic carbocycles. The molecule has 6 heteroatoms. The summed E-state index contributed by atoms with van der Waals surface area (Å²) < 4.78 is 10.4. The summed E-state index contributed by atoms with van der Waals surface area (Å²) in [5.41, 5.74) is 4.16. The molecule has 3 atom stereocenters. The van der Waals surface area contributed by atoms with E-state index >= 15 is 0 Å². The van der Waals surface area contributed by atoms with E-state index in [0.717, 1.165) is 16.8 Å². The van der Waals surface area contributed by atoms with Crippen LogP contribution >= 0.6 is 0 Å². The van der Waals surface area contributed by atoms with Crippen molar-refractivity contribution in [3.8, 4) is 0 Å². The zero-order valence-electron chi connectivity index (χ0n) is 18.2. The Kier molecular flexibility index (Phi) is 6.44. The zero-order chi connectivity index (χ0) is 22.0. The number of benzene rings is 1. The number of ether oxygens (including phenoxy) is 2. The van der Waals surface area contributed by atoms with Gasteiger partial charge < -0.3 is 14.8 Å². The average molecular weight is 411 g/mol. The second-order valence-electron chi connectivity index (χ2n) is 8.03. The lowest BCUT2D eigenvalue weighted by molar-refractivity contribution is -0.151. The molecule has 0 radical (unpaired) electrons. The van der Waals surface area contributed by atoms with E-state index in [9.17, 15) is 14.4 Å². The zero-order valence-corrected chi connectivity index (χ0v) is 18.2. The van der Waals surface area contributed by atoms with Crippen molar-refractivity contribution >= 4 is 17.7 Å². The van der Waals surface area contributed by atoms with Gasteiger partial charge in [-0.05, 0) is 43.7 Å². The number of allylic oxidation sites excluding steroid dienone is 3. The number of carbonyl (C=O) groups excluding carboxylic acids is 3. The number of hydrogen-bond acceptors (Lipinski definition) is 6. The Balaban J connectivity index is 2.18. The third-order valence-corrected chi connectivity index (χ3v) is 5.90. The molecule has 0 bridgehead atoms. The number of aryl methyl sites for hydroxylation is 1. The SMILES string of the molecule is CCCOC(=O)C1=C(C)NC2=C(C(=O)[C@H](C(=O)OC)[C@H](C)C2)[C@@H]1c1ccccc1C. The van der Waals surface area contributed by atoms with Gasteiger partial charge in [-0.25, -0.2) is 4.79 Å². The van der Waals surface area contributed by atoms with Crippen LogP contribution in [0.1, 0.15) is 50.7 Å². The highest BCUT2D eigenvalue weighted by Gasteiger charge is 2.47. The van der Waals surface area contributed by atoms with Crippen LogP contribution < -0.4 is 5.32 Å². The largest absolute Gasteiger partial charge is 0.468 e. The highest BCUT2D eigenvalue weighted by atomic mass is 16.5. The Morgan fingerprint density at radius 1 is 1.20 bits per heavy atom. The molecule has 160 valence electrons. The van der Waals surface area contributed by atoms with Gasteiger partial charge in [0.2, 0.25) is 0 Å². The van der Waals surface area contributed by atoms with Crippen molar-refractivity contribution in [3.05, 3.63) is 57.9 Å². The topological polar surface area (TPSA) is 81.7 Å². The molecule has 30 heavy (non-hydrogen) atoms. The molecule has 1 heterocycles. The van der Waals surface area contributed by atoms with Gasteiger partial charge in [-0.2, -0.15) is 0 Å². The van der Waals surface area contributed by atoms with E-state index in [1.54, 1.807) is 0 Å². The minimum Gasteiger partial charge on any atom is -0.468 e. The molecular formula is C24H29NO5. The molecule has 6 nitrogen and oxygen atoms in total. The number of esters is 2. The molecule has 1 aromatic rings. The van der Waals surface area contributed by atoms with Crippen LogP contribution in [0.4, 0.5) is 0 Å². The van der Waals surface area contributed by atoms with Gasteiger partial charge in [-0.15, -0.1) is 0 Å². The van der Waals surface area contributed by atoms with Gasteiger partial charge in [0.1, 0.15) is 5.92 Å². The predicted molar refractivity (Wildman–Crippen MR) is 112 cm³/mol. The normalized spacial score (nSPS) is 23.6. The van der Waals surface area contributed by atoms with E-state index in [1.165, 1.54) is 7.11 Å². The fourth-order valence-electron chi connectivity index (χ4n) is 4.45. The van der Waals surface area contributed by atoms with E-state index < -0.39 is 23.8 Å². The highest BCUT2D eigenvalue weighted by Crippen LogP contribution is 2.46. The van der Waals surface area contributed by atoms with E-state index in [-0.39, 0.29) is 11.7 Å². The number of nitrogens with one attached hydrogen (secondary N) is 1. The summed E-state index contributed by atoms with van der Waals surface area (Å²) in [7, 11) is 1.29. The molecule has 1 aromatic carbocycles. The van der Waals surface area contributed by atoms with Crippen LogP contribution in [0.15, 0.2) is 46.8 Å². The van der Waals surface area contributed by atoms with Crippen molar-refractivity contribution in [1.29, 1.82) is 0 Å². The Morgan fingerprint density at radius 2 is 1.90 bits per heavy atom. The fourth-order valence-corrected chi connectivity index (χ4v) is 4.45. The van der Waals surface area contributed by atoms with Crippen LogP contribution in [0.25, 0.3) is 0 Å². The molecule has 0 amide bonds. The molecule has 1 aliphatic heterocycles. The molecule has 3 rings (SSSR count). The number of Topliss-reactive ketones (excluding diaryl/α,β-unsaturated/α-hetero) is 1. The van der Waals surface area contributed by atoms with Gasteiger partial charge in [0, 0.05) is 22.9 Å². The van der Waals surface area contributed by atoms with Gasteiger partial charge >= 0.3 is 11.9 Å². The molecule has 0 aromatic heterocycles. The van der Waals surface area contributed by atoms with Crippen molar-refractivity contribution < 1.29 is 23.9 Å². The van der Waals surface area contributed by atoms with E-state index in [0.29, 0.717) is 36.3 Å². The van der Waals surface area contributed by atoms with E-state index in [1.807, 2.05) is 52.0 Å². The second kappa shape index (κ2) is 8.86. The third-order valence-electron chi connectivity index (χ3n) is 5.90. The van der Waals surface area contributed by atoms with Crippen LogP contribution in [-0.2, 0) is 23.9 Å². The molecule has 0 unspecified atom stereocenters. The Hall–Kier alpha value is -2.89. The van der Waals surface area contributed by atoms with Crippen molar-refractivity contribution in [2.45, 2.75) is 46.5 Å².